The quantitative estimate of drug-likeness (QED) is 0.375. The van der Waals surface area contributed by atoms with Crippen LogP contribution < -0.4 is 16.4 Å². The van der Waals surface area contributed by atoms with E-state index >= 15 is 0 Å². The van der Waals surface area contributed by atoms with E-state index in [9.17, 15) is 9.90 Å². The molecule has 0 aliphatic carbocycles. The van der Waals surface area contributed by atoms with Gasteiger partial charge in [0.2, 0.25) is 0 Å². The third kappa shape index (κ3) is 8.39. The predicted octanol–water partition coefficient (Wildman–Crippen LogP) is 2.34. The molecule has 1 unspecified atom stereocenters. The number of phenols is 1. The van der Waals surface area contributed by atoms with Crippen molar-refractivity contribution in [2.75, 3.05) is 5.75 Å². The fourth-order valence-electron chi connectivity index (χ4n) is 3.07. The second-order valence-electron chi connectivity index (χ2n) is 7.19. The van der Waals surface area contributed by atoms with Gasteiger partial charge in [-0.1, -0.05) is 53.1 Å². The summed E-state index contributed by atoms with van der Waals surface area (Å²) in [6.45, 7) is 0. The molecule has 2 rings (SSSR count). The van der Waals surface area contributed by atoms with Crippen molar-refractivity contribution in [1.29, 1.82) is 0 Å². The topological polar surface area (TPSA) is 57.5 Å². The lowest BCUT2D eigenvalue weighted by atomic mass is 9.73. The minimum Gasteiger partial charge on any atom is -0.509 e. The first-order valence-corrected chi connectivity index (χ1v) is 12.2. The largest absolute Gasteiger partial charge is 0.509 e. The predicted molar refractivity (Wildman–Crippen MR) is 133 cm³/mol. The number of benzene rings is 2. The zero-order valence-corrected chi connectivity index (χ0v) is 18.7. The van der Waals surface area contributed by atoms with E-state index in [4.69, 9.17) is 28.6 Å². The van der Waals surface area contributed by atoms with Gasteiger partial charge < -0.3 is 10.2 Å². The highest BCUT2D eigenvalue weighted by Gasteiger charge is 2.12. The van der Waals surface area contributed by atoms with Crippen molar-refractivity contribution in [3.05, 3.63) is 47.5 Å². The van der Waals surface area contributed by atoms with Crippen molar-refractivity contribution in [2.24, 2.45) is 0 Å². The highest BCUT2D eigenvalue weighted by Crippen LogP contribution is 2.27. The number of phenolic OH excluding ortho intramolecular Hbond substituents is 1. The number of thioether (sulfide) groups is 2. The Labute approximate surface area is 192 Å². The van der Waals surface area contributed by atoms with E-state index in [0.29, 0.717) is 33.9 Å². The highest BCUT2D eigenvalue weighted by atomic mass is 32.2. The summed E-state index contributed by atoms with van der Waals surface area (Å²) in [5, 5.41) is 19.2. The van der Waals surface area contributed by atoms with Crippen LogP contribution in [0, 0.1) is 0 Å². The van der Waals surface area contributed by atoms with Crippen molar-refractivity contribution in [3.63, 3.8) is 0 Å². The molecule has 0 aliphatic rings. The monoisotopic (exact) mass is 434 g/mol. The van der Waals surface area contributed by atoms with Gasteiger partial charge in [0.1, 0.15) is 29.3 Å². The SMILES string of the molecule is [B]c1cc(O)c([B])c(CSCCC(CCCCC(=O)O)SCc2ccccc2)c1[B]. The number of carboxylic acid groups (broad SMARTS) is 1. The first-order chi connectivity index (χ1) is 14.4. The van der Waals surface area contributed by atoms with Crippen LogP contribution in [-0.4, -0.2) is 50.7 Å². The number of aromatic hydroxyl groups is 1. The molecule has 6 radical (unpaired) electrons. The number of hydrogen-bond acceptors (Lipinski definition) is 4. The zero-order valence-electron chi connectivity index (χ0n) is 17.0. The average Bonchev–Trinajstić information content (AvgIpc) is 2.73. The molecule has 3 nitrogen and oxygen atoms in total. The highest BCUT2D eigenvalue weighted by molar-refractivity contribution is 7.99. The van der Waals surface area contributed by atoms with Gasteiger partial charge >= 0.3 is 5.97 Å². The van der Waals surface area contributed by atoms with Crippen molar-refractivity contribution >= 4 is 69.4 Å². The van der Waals surface area contributed by atoms with Crippen LogP contribution in [0.3, 0.4) is 0 Å². The molecule has 152 valence electrons. The summed E-state index contributed by atoms with van der Waals surface area (Å²) in [7, 11) is 17.8. The lowest BCUT2D eigenvalue weighted by molar-refractivity contribution is -0.137. The number of aliphatic carboxylic acids is 1. The Morgan fingerprint density at radius 2 is 1.73 bits per heavy atom. The molecular weight excluding hydrogens is 409 g/mol. The molecule has 0 amide bonds. The Hall–Kier alpha value is -1.40. The molecule has 0 aliphatic heterocycles. The molecule has 0 saturated heterocycles. The van der Waals surface area contributed by atoms with Crippen molar-refractivity contribution in [3.8, 4) is 5.75 Å². The van der Waals surface area contributed by atoms with E-state index < -0.39 is 5.97 Å². The van der Waals surface area contributed by atoms with E-state index in [0.717, 1.165) is 30.8 Å². The first kappa shape index (κ1) is 24.9. The number of carbonyl (C=O) groups is 1. The van der Waals surface area contributed by atoms with E-state index in [1.165, 1.54) is 11.6 Å². The van der Waals surface area contributed by atoms with Crippen molar-refractivity contribution in [2.45, 2.75) is 48.9 Å². The molecule has 1 atom stereocenters. The summed E-state index contributed by atoms with van der Waals surface area (Å²) in [5.41, 5.74) is 3.04. The van der Waals surface area contributed by atoms with Crippen LogP contribution in [0.15, 0.2) is 36.4 Å². The Morgan fingerprint density at radius 1 is 1.00 bits per heavy atom. The van der Waals surface area contributed by atoms with E-state index in [1.54, 1.807) is 11.8 Å². The maximum absolute atomic E-state index is 10.7. The van der Waals surface area contributed by atoms with Crippen LogP contribution in [0.5, 0.6) is 5.75 Å². The van der Waals surface area contributed by atoms with Gasteiger partial charge in [-0.2, -0.15) is 23.5 Å². The lowest BCUT2D eigenvalue weighted by Crippen LogP contribution is -2.35. The number of unbranched alkanes of at least 4 members (excludes halogenated alkanes) is 1. The van der Waals surface area contributed by atoms with E-state index in [2.05, 4.69) is 12.1 Å². The van der Waals surface area contributed by atoms with E-state index in [-0.39, 0.29) is 17.6 Å². The van der Waals surface area contributed by atoms with Gasteiger partial charge in [0.25, 0.3) is 0 Å². The summed E-state index contributed by atoms with van der Waals surface area (Å²) >= 11 is 3.63. The third-order valence-corrected chi connectivity index (χ3v) is 7.32. The molecule has 2 aromatic rings. The van der Waals surface area contributed by atoms with Gasteiger partial charge in [-0.05, 0) is 42.2 Å². The van der Waals surface area contributed by atoms with Crippen LogP contribution in [0.2, 0.25) is 0 Å². The summed E-state index contributed by atoms with van der Waals surface area (Å²) in [6.07, 6.45) is 3.84. The molecular formula is C22H25B3O3S2. The molecule has 0 heterocycles. The van der Waals surface area contributed by atoms with Gasteiger partial charge in [0.05, 0.1) is 0 Å². The zero-order chi connectivity index (χ0) is 21.9. The molecule has 8 heteroatoms. The Balaban J connectivity index is 1.86. The molecule has 0 saturated carbocycles. The smallest absolute Gasteiger partial charge is 0.303 e. The molecule has 0 fully saturated rings. The molecule has 0 aromatic heterocycles. The summed E-state index contributed by atoms with van der Waals surface area (Å²) in [4.78, 5) is 10.7. The minimum absolute atomic E-state index is 0.0352. The molecule has 0 bridgehead atoms. The molecule has 2 aromatic carbocycles. The second-order valence-corrected chi connectivity index (χ2v) is 9.58. The standard InChI is InChI=1S/C22H25B3O3S2/c23-18-12-19(26)22(25)17(21(18)24)14-29-11-10-16(8-4-5-9-20(27)28)30-13-15-6-2-1-3-7-15/h1-3,6-7,12,16,26H,4-5,8-11,13-14H2,(H,27,28). The molecule has 30 heavy (non-hydrogen) atoms. The minimum atomic E-state index is -0.736. The van der Waals surface area contributed by atoms with Crippen LogP contribution in [0.25, 0.3) is 0 Å². The van der Waals surface area contributed by atoms with Crippen LogP contribution in [-0.2, 0) is 16.3 Å². The normalized spacial score (nSPS) is 12.0. The Morgan fingerprint density at radius 3 is 2.43 bits per heavy atom. The second kappa shape index (κ2) is 13.1. The Kier molecular flexibility index (Phi) is 10.9. The summed E-state index contributed by atoms with van der Waals surface area (Å²) < 4.78 is 0. The van der Waals surface area contributed by atoms with Gasteiger partial charge in [0, 0.05) is 23.2 Å². The summed E-state index contributed by atoms with van der Waals surface area (Å²) in [6, 6.07) is 11.7. The van der Waals surface area contributed by atoms with Crippen molar-refractivity contribution < 1.29 is 15.0 Å². The summed E-state index contributed by atoms with van der Waals surface area (Å²) in [5.74, 6) is 1.68. The first-order valence-electron chi connectivity index (χ1n) is 9.98. The number of hydrogen-bond donors (Lipinski definition) is 2. The Bertz CT molecular complexity index is 793. The van der Waals surface area contributed by atoms with Crippen LogP contribution in [0.4, 0.5) is 0 Å². The third-order valence-electron chi connectivity index (χ3n) is 4.86. The van der Waals surface area contributed by atoms with Crippen LogP contribution in [0.1, 0.15) is 43.2 Å². The average molecular weight is 434 g/mol. The van der Waals surface area contributed by atoms with E-state index in [1.807, 2.05) is 30.0 Å². The molecule has 0 spiro atoms. The fourth-order valence-corrected chi connectivity index (χ4v) is 5.57. The lowest BCUT2D eigenvalue weighted by Gasteiger charge is -2.18. The van der Waals surface area contributed by atoms with Gasteiger partial charge in [0.15, 0.2) is 0 Å². The van der Waals surface area contributed by atoms with Crippen LogP contribution >= 0.6 is 23.5 Å². The van der Waals surface area contributed by atoms with Crippen molar-refractivity contribution in [1.82, 2.24) is 0 Å². The van der Waals surface area contributed by atoms with Gasteiger partial charge in [-0.15, -0.1) is 0 Å². The van der Waals surface area contributed by atoms with Gasteiger partial charge in [-0.3, -0.25) is 4.79 Å². The fraction of sp³-hybridized carbons (Fsp3) is 0.409. The maximum atomic E-state index is 10.7. The number of rotatable bonds is 13. The van der Waals surface area contributed by atoms with Gasteiger partial charge in [-0.25, -0.2) is 0 Å². The molecule has 2 N–H and O–H groups in total. The maximum Gasteiger partial charge on any atom is 0.303 e. The number of carboxylic acids is 1.